The molecule has 0 amide bonds. The third-order valence-corrected chi connectivity index (χ3v) is 4.11. The van der Waals surface area contributed by atoms with Crippen LogP contribution < -0.4 is 0 Å². The molecule has 0 spiro atoms. The van der Waals surface area contributed by atoms with Crippen molar-refractivity contribution in [2.75, 3.05) is 6.61 Å². The fraction of sp³-hybridized carbons (Fsp3) is 0.562. The summed E-state index contributed by atoms with van der Waals surface area (Å²) in [6.45, 7) is 2.02. The molecule has 0 unspecified atom stereocenters. The predicted octanol–water partition coefficient (Wildman–Crippen LogP) is 2.01. The molecule has 0 saturated carbocycles. The van der Waals surface area contributed by atoms with Crippen LogP contribution in [-0.4, -0.2) is 53.7 Å². The lowest BCUT2D eigenvalue weighted by Gasteiger charge is -2.34. The van der Waals surface area contributed by atoms with Gasteiger partial charge in [-0.05, 0) is 26.0 Å². The van der Waals surface area contributed by atoms with Crippen LogP contribution in [0.2, 0.25) is 0 Å². The van der Waals surface area contributed by atoms with Crippen molar-refractivity contribution in [2.45, 2.75) is 49.9 Å². The number of hydrogen-bond acceptors (Lipinski definition) is 6. The van der Waals surface area contributed by atoms with Crippen molar-refractivity contribution < 1.29 is 42.0 Å². The molecular weight excluding hydrogens is 345 g/mol. The van der Waals surface area contributed by atoms with E-state index in [1.165, 1.54) is 26.0 Å². The molecule has 0 aliphatic carbocycles. The third-order valence-electron chi connectivity index (χ3n) is 4.11. The Balaban J connectivity index is 1.76. The first-order valence-electron chi connectivity index (χ1n) is 7.57. The molecule has 1 N–H and O–H groups in total. The minimum Gasteiger partial charge on any atom is -0.459 e. The molecule has 1 aromatic rings. The zero-order valence-electron chi connectivity index (χ0n) is 13.4. The van der Waals surface area contributed by atoms with E-state index in [1.54, 1.807) is 18.2 Å². The van der Waals surface area contributed by atoms with Gasteiger partial charge in [-0.3, -0.25) is 0 Å². The number of carbonyl (C=O) groups is 1. The maximum Gasteiger partial charge on any atom is 0.422 e. The van der Waals surface area contributed by atoms with E-state index < -0.39 is 48.6 Å². The summed E-state index contributed by atoms with van der Waals surface area (Å²) in [4.78, 5) is 11.9. The van der Waals surface area contributed by atoms with E-state index in [2.05, 4.69) is 0 Å². The Morgan fingerprint density at radius 1 is 1.24 bits per heavy atom. The number of hydrogen-bond donors (Lipinski definition) is 1. The molecule has 25 heavy (non-hydrogen) atoms. The summed E-state index contributed by atoms with van der Waals surface area (Å²) in [5.74, 6) is -2.16. The lowest BCUT2D eigenvalue weighted by molar-refractivity contribution is -0.317. The van der Waals surface area contributed by atoms with Crippen LogP contribution in [-0.2, 0) is 18.9 Å². The van der Waals surface area contributed by atoms with Gasteiger partial charge in [0.15, 0.2) is 18.2 Å². The van der Waals surface area contributed by atoms with Gasteiger partial charge in [0.1, 0.15) is 12.7 Å². The first-order chi connectivity index (χ1) is 11.5. The van der Waals surface area contributed by atoms with Crippen molar-refractivity contribution in [3.8, 4) is 0 Å². The molecule has 2 heterocycles. The second-order valence-electron chi connectivity index (χ2n) is 6.34. The summed E-state index contributed by atoms with van der Waals surface area (Å²) in [5.41, 5.74) is -3.19. The molecule has 138 valence electrons. The number of halogens is 3. The molecule has 2 saturated heterocycles. The third kappa shape index (κ3) is 3.12. The molecule has 1 aromatic carbocycles. The largest absolute Gasteiger partial charge is 0.459 e. The highest BCUT2D eigenvalue weighted by Crippen LogP contribution is 2.50. The van der Waals surface area contributed by atoms with Crippen LogP contribution in [0, 0.1) is 0 Å². The number of rotatable bonds is 3. The van der Waals surface area contributed by atoms with Gasteiger partial charge in [-0.25, -0.2) is 4.79 Å². The van der Waals surface area contributed by atoms with Crippen molar-refractivity contribution in [3.05, 3.63) is 35.9 Å². The van der Waals surface area contributed by atoms with Crippen LogP contribution in [0.25, 0.3) is 0 Å². The van der Waals surface area contributed by atoms with Gasteiger partial charge in [-0.1, -0.05) is 18.2 Å². The van der Waals surface area contributed by atoms with Gasteiger partial charge < -0.3 is 24.1 Å². The Hall–Kier alpha value is -1.68. The van der Waals surface area contributed by atoms with Gasteiger partial charge in [0.2, 0.25) is 5.60 Å². The highest BCUT2D eigenvalue weighted by Gasteiger charge is 2.74. The lowest BCUT2D eigenvalue weighted by atomic mass is 9.92. The molecule has 4 atom stereocenters. The van der Waals surface area contributed by atoms with E-state index in [0.29, 0.717) is 0 Å². The molecule has 2 aliphatic rings. The van der Waals surface area contributed by atoms with E-state index in [4.69, 9.17) is 18.9 Å². The summed E-state index contributed by atoms with van der Waals surface area (Å²) < 4.78 is 61.0. The lowest BCUT2D eigenvalue weighted by Crippen LogP contribution is -2.60. The zero-order chi connectivity index (χ0) is 18.5. The molecule has 3 rings (SSSR count). The maximum absolute atomic E-state index is 13.5. The Morgan fingerprint density at radius 2 is 1.88 bits per heavy atom. The Labute approximate surface area is 141 Å². The van der Waals surface area contributed by atoms with Gasteiger partial charge >= 0.3 is 12.1 Å². The highest BCUT2D eigenvalue weighted by atomic mass is 19.4. The quantitative estimate of drug-likeness (QED) is 0.830. The highest BCUT2D eigenvalue weighted by molar-refractivity contribution is 5.89. The summed E-state index contributed by atoms with van der Waals surface area (Å²) in [6, 6.07) is 7.76. The van der Waals surface area contributed by atoms with Gasteiger partial charge in [0.05, 0.1) is 5.56 Å². The van der Waals surface area contributed by atoms with Crippen molar-refractivity contribution in [1.29, 1.82) is 0 Å². The molecule has 0 bridgehead atoms. The number of carbonyl (C=O) groups excluding carboxylic acids is 1. The standard InChI is InChI=1S/C16H17F3O6/c1-14(2)24-11-13(25-14)23-10(15(11,21)16(17,18)19)8-22-12(20)9-6-4-3-5-7-9/h3-7,10-11,13,21H,8H2,1-2H3/t10-,11+,13-,15-/m1/s1. The van der Waals surface area contributed by atoms with Crippen LogP contribution in [0.1, 0.15) is 24.2 Å². The van der Waals surface area contributed by atoms with Crippen molar-refractivity contribution in [1.82, 2.24) is 0 Å². The number of alkyl halides is 3. The van der Waals surface area contributed by atoms with Crippen LogP contribution in [0.5, 0.6) is 0 Å². The van der Waals surface area contributed by atoms with Gasteiger partial charge in [0.25, 0.3) is 0 Å². The van der Waals surface area contributed by atoms with Crippen LogP contribution >= 0.6 is 0 Å². The first-order valence-corrected chi connectivity index (χ1v) is 7.57. The van der Waals surface area contributed by atoms with E-state index in [-0.39, 0.29) is 5.56 Å². The van der Waals surface area contributed by atoms with E-state index in [1.807, 2.05) is 0 Å². The summed E-state index contributed by atoms with van der Waals surface area (Å²) in [6.07, 6.45) is -10.1. The predicted molar refractivity (Wildman–Crippen MR) is 76.4 cm³/mol. The van der Waals surface area contributed by atoms with Crippen LogP contribution in [0.4, 0.5) is 13.2 Å². The fourth-order valence-electron chi connectivity index (χ4n) is 2.90. The monoisotopic (exact) mass is 362 g/mol. The maximum atomic E-state index is 13.5. The summed E-state index contributed by atoms with van der Waals surface area (Å²) >= 11 is 0. The second-order valence-corrected chi connectivity index (χ2v) is 6.34. The van der Waals surface area contributed by atoms with E-state index >= 15 is 0 Å². The van der Waals surface area contributed by atoms with Gasteiger partial charge in [-0.2, -0.15) is 13.2 Å². The normalized spacial score (nSPS) is 33.9. The molecule has 2 aliphatic heterocycles. The van der Waals surface area contributed by atoms with Gasteiger partial charge in [-0.15, -0.1) is 0 Å². The Morgan fingerprint density at radius 3 is 2.48 bits per heavy atom. The number of fused-ring (bicyclic) bond motifs is 1. The SMILES string of the molecule is CC1(C)O[C@H]2O[C@H](COC(=O)c3ccccc3)[C@](O)(C(F)(F)F)[C@H]2O1. The molecule has 2 fully saturated rings. The van der Waals surface area contributed by atoms with E-state index in [0.717, 1.165) is 0 Å². The van der Waals surface area contributed by atoms with Gasteiger partial charge in [0, 0.05) is 0 Å². The smallest absolute Gasteiger partial charge is 0.422 e. The average molecular weight is 362 g/mol. The Kier molecular flexibility index (Phi) is 4.31. The Bertz CT molecular complexity index is 647. The van der Waals surface area contributed by atoms with Crippen LogP contribution in [0.15, 0.2) is 30.3 Å². The topological polar surface area (TPSA) is 74.2 Å². The summed E-state index contributed by atoms with van der Waals surface area (Å²) in [5, 5.41) is 10.3. The first kappa shape index (κ1) is 18.1. The minimum absolute atomic E-state index is 0.171. The van der Waals surface area contributed by atoms with Crippen molar-refractivity contribution in [3.63, 3.8) is 0 Å². The van der Waals surface area contributed by atoms with Crippen LogP contribution in [0.3, 0.4) is 0 Å². The molecule has 9 heteroatoms. The summed E-state index contributed by atoms with van der Waals surface area (Å²) in [7, 11) is 0. The fourth-order valence-corrected chi connectivity index (χ4v) is 2.90. The molecule has 0 aromatic heterocycles. The van der Waals surface area contributed by atoms with Crippen molar-refractivity contribution in [2.24, 2.45) is 0 Å². The zero-order valence-corrected chi connectivity index (χ0v) is 13.4. The average Bonchev–Trinajstić information content (AvgIpc) is 2.97. The number of aliphatic hydroxyl groups is 1. The second kappa shape index (κ2) is 5.94. The van der Waals surface area contributed by atoms with E-state index in [9.17, 15) is 23.1 Å². The molecule has 6 nitrogen and oxygen atoms in total. The molecule has 0 radical (unpaired) electrons. The number of esters is 1. The number of ether oxygens (including phenoxy) is 4. The number of benzene rings is 1. The van der Waals surface area contributed by atoms with Crippen molar-refractivity contribution >= 4 is 5.97 Å². The molecular formula is C16H17F3O6. The minimum atomic E-state index is -5.07.